The molecular weight excluding hydrogens is 250 g/mol. The molecule has 2 aliphatic rings. The largest absolute Gasteiger partial charge is 0.459 e. The average Bonchev–Trinajstić information content (AvgIpc) is 2.68. The maximum absolute atomic E-state index is 11.9. The van der Waals surface area contributed by atoms with Crippen molar-refractivity contribution in [2.75, 3.05) is 7.05 Å². The highest BCUT2D eigenvalue weighted by molar-refractivity contribution is 5.87. The van der Waals surface area contributed by atoms with Gasteiger partial charge in [-0.3, -0.25) is 0 Å². The van der Waals surface area contributed by atoms with E-state index >= 15 is 0 Å². The zero-order valence-electron chi connectivity index (χ0n) is 11.9. The minimum atomic E-state index is -0.220. The number of carbonyl (C=O) groups is 1. The summed E-state index contributed by atoms with van der Waals surface area (Å²) in [4.78, 5) is 14.3. The van der Waals surface area contributed by atoms with Crippen LogP contribution in [-0.4, -0.2) is 36.1 Å². The molecule has 2 fully saturated rings. The number of fused-ring (bicyclic) bond motifs is 2. The molecule has 3 heteroatoms. The van der Waals surface area contributed by atoms with E-state index in [-0.39, 0.29) is 12.1 Å². The van der Waals surface area contributed by atoms with Gasteiger partial charge < -0.3 is 9.64 Å². The minimum Gasteiger partial charge on any atom is -0.459 e. The summed E-state index contributed by atoms with van der Waals surface area (Å²) in [6.45, 7) is 0. The lowest BCUT2D eigenvalue weighted by molar-refractivity contribution is -0.146. The Balaban J connectivity index is 1.54. The van der Waals surface area contributed by atoms with Gasteiger partial charge in [-0.25, -0.2) is 4.79 Å². The molecule has 1 aromatic carbocycles. The van der Waals surface area contributed by atoms with Gasteiger partial charge in [-0.05, 0) is 31.5 Å². The quantitative estimate of drug-likeness (QED) is 0.625. The van der Waals surface area contributed by atoms with E-state index in [9.17, 15) is 4.79 Å². The van der Waals surface area contributed by atoms with E-state index in [0.29, 0.717) is 12.1 Å². The Morgan fingerprint density at radius 1 is 1.20 bits per heavy atom. The maximum atomic E-state index is 11.9. The van der Waals surface area contributed by atoms with Crippen LogP contribution in [0.15, 0.2) is 36.4 Å². The average molecular weight is 271 g/mol. The fourth-order valence-corrected chi connectivity index (χ4v) is 3.39. The highest BCUT2D eigenvalue weighted by Crippen LogP contribution is 2.35. The van der Waals surface area contributed by atoms with E-state index < -0.39 is 0 Å². The van der Waals surface area contributed by atoms with Crippen LogP contribution >= 0.6 is 0 Å². The van der Waals surface area contributed by atoms with E-state index in [2.05, 4.69) is 11.9 Å². The van der Waals surface area contributed by atoms with Gasteiger partial charge in [0.2, 0.25) is 0 Å². The Hall–Kier alpha value is -1.61. The molecule has 2 heterocycles. The van der Waals surface area contributed by atoms with Gasteiger partial charge in [-0.1, -0.05) is 30.3 Å². The van der Waals surface area contributed by atoms with Crippen molar-refractivity contribution in [2.24, 2.45) is 0 Å². The molecule has 3 nitrogen and oxygen atoms in total. The van der Waals surface area contributed by atoms with Crippen LogP contribution in [-0.2, 0) is 9.53 Å². The van der Waals surface area contributed by atoms with Gasteiger partial charge in [0.15, 0.2) is 0 Å². The molecule has 2 saturated heterocycles. The van der Waals surface area contributed by atoms with Crippen molar-refractivity contribution in [3.63, 3.8) is 0 Å². The van der Waals surface area contributed by atoms with Crippen LogP contribution in [0.25, 0.3) is 6.08 Å². The molecule has 2 aliphatic heterocycles. The topological polar surface area (TPSA) is 29.5 Å². The van der Waals surface area contributed by atoms with Crippen LogP contribution in [0.4, 0.5) is 0 Å². The predicted molar refractivity (Wildman–Crippen MR) is 79.2 cm³/mol. The second kappa shape index (κ2) is 5.80. The molecular formula is C17H21NO2. The molecule has 2 unspecified atom stereocenters. The number of hydrogen-bond acceptors (Lipinski definition) is 3. The maximum Gasteiger partial charge on any atom is 0.331 e. The number of ether oxygens (including phenoxy) is 1. The normalized spacial score (nSPS) is 29.8. The lowest BCUT2D eigenvalue weighted by Gasteiger charge is -2.35. The van der Waals surface area contributed by atoms with Crippen molar-refractivity contribution in [1.29, 1.82) is 0 Å². The molecule has 0 aliphatic carbocycles. The highest BCUT2D eigenvalue weighted by Gasteiger charge is 2.39. The molecule has 106 valence electrons. The number of piperidine rings is 1. The van der Waals surface area contributed by atoms with Crippen molar-refractivity contribution in [3.8, 4) is 0 Å². The minimum absolute atomic E-state index is 0.0941. The van der Waals surface area contributed by atoms with Gasteiger partial charge in [0.1, 0.15) is 6.10 Å². The van der Waals surface area contributed by atoms with Crippen LogP contribution in [0, 0.1) is 0 Å². The van der Waals surface area contributed by atoms with Crippen molar-refractivity contribution in [3.05, 3.63) is 42.0 Å². The summed E-state index contributed by atoms with van der Waals surface area (Å²) in [5, 5.41) is 0. The molecule has 0 N–H and O–H groups in total. The van der Waals surface area contributed by atoms with Gasteiger partial charge in [-0.15, -0.1) is 0 Å². The van der Waals surface area contributed by atoms with Gasteiger partial charge in [0.25, 0.3) is 0 Å². The van der Waals surface area contributed by atoms with Crippen LogP contribution < -0.4 is 0 Å². The Morgan fingerprint density at radius 3 is 2.50 bits per heavy atom. The second-order valence-electron chi connectivity index (χ2n) is 5.82. The summed E-state index contributed by atoms with van der Waals surface area (Å²) in [6, 6.07) is 11.0. The lowest BCUT2D eigenvalue weighted by Crippen LogP contribution is -2.43. The first-order valence-corrected chi connectivity index (χ1v) is 7.38. The van der Waals surface area contributed by atoms with Crippen LogP contribution in [0.5, 0.6) is 0 Å². The molecule has 2 bridgehead atoms. The summed E-state index contributed by atoms with van der Waals surface area (Å²) in [5.74, 6) is -0.220. The van der Waals surface area contributed by atoms with Gasteiger partial charge in [0.05, 0.1) is 0 Å². The molecule has 20 heavy (non-hydrogen) atoms. The van der Waals surface area contributed by atoms with E-state index in [1.807, 2.05) is 36.4 Å². The summed E-state index contributed by atoms with van der Waals surface area (Å²) >= 11 is 0. The number of nitrogens with zero attached hydrogens (tertiary/aromatic N) is 1. The number of carbonyl (C=O) groups excluding carboxylic acids is 1. The van der Waals surface area contributed by atoms with E-state index in [0.717, 1.165) is 18.4 Å². The summed E-state index contributed by atoms with van der Waals surface area (Å²) in [6.07, 6.45) is 7.90. The highest BCUT2D eigenvalue weighted by atomic mass is 16.5. The smallest absolute Gasteiger partial charge is 0.331 e. The monoisotopic (exact) mass is 271 g/mol. The molecule has 3 rings (SSSR count). The molecule has 0 saturated carbocycles. The molecule has 1 aromatic rings. The standard InChI is InChI=1S/C17H21NO2/c1-18-14-8-9-15(18)12-16(11-14)20-17(19)10-7-13-5-3-2-4-6-13/h2-7,10,14-16H,8-9,11-12H2,1H3/b10-7-. The summed E-state index contributed by atoms with van der Waals surface area (Å²) < 4.78 is 5.59. The van der Waals surface area contributed by atoms with Crippen molar-refractivity contribution in [2.45, 2.75) is 43.9 Å². The van der Waals surface area contributed by atoms with E-state index in [4.69, 9.17) is 4.74 Å². The van der Waals surface area contributed by atoms with Crippen LogP contribution in [0.1, 0.15) is 31.2 Å². The summed E-state index contributed by atoms with van der Waals surface area (Å²) in [7, 11) is 2.19. The van der Waals surface area contributed by atoms with Crippen molar-refractivity contribution >= 4 is 12.0 Å². The molecule has 0 amide bonds. The van der Waals surface area contributed by atoms with Gasteiger partial charge >= 0.3 is 5.97 Å². The van der Waals surface area contributed by atoms with Crippen LogP contribution in [0.3, 0.4) is 0 Å². The van der Waals surface area contributed by atoms with Crippen molar-refractivity contribution < 1.29 is 9.53 Å². The fraction of sp³-hybridized carbons (Fsp3) is 0.471. The van der Waals surface area contributed by atoms with Crippen molar-refractivity contribution in [1.82, 2.24) is 4.90 Å². The fourth-order valence-electron chi connectivity index (χ4n) is 3.39. The molecule has 0 aromatic heterocycles. The number of hydrogen-bond donors (Lipinski definition) is 0. The first-order valence-electron chi connectivity index (χ1n) is 7.38. The van der Waals surface area contributed by atoms with E-state index in [1.54, 1.807) is 0 Å². The predicted octanol–water partition coefficient (Wildman–Crippen LogP) is 2.87. The number of esters is 1. The third-order valence-electron chi connectivity index (χ3n) is 4.55. The first-order chi connectivity index (χ1) is 9.72. The SMILES string of the molecule is CN1C2CCC1CC(OC(=O)/C=C\c1ccccc1)C2. The van der Waals surface area contributed by atoms with Gasteiger partial charge in [-0.2, -0.15) is 0 Å². The zero-order valence-corrected chi connectivity index (χ0v) is 11.9. The first kappa shape index (κ1) is 13.4. The Bertz CT molecular complexity index is 483. The molecule has 2 atom stereocenters. The molecule has 0 radical (unpaired) electrons. The number of benzene rings is 1. The Kier molecular flexibility index (Phi) is 3.88. The lowest BCUT2D eigenvalue weighted by atomic mass is 10.0. The zero-order chi connectivity index (χ0) is 13.9. The molecule has 0 spiro atoms. The van der Waals surface area contributed by atoms with E-state index in [1.165, 1.54) is 18.9 Å². The van der Waals surface area contributed by atoms with Gasteiger partial charge in [0, 0.05) is 31.0 Å². The third kappa shape index (κ3) is 2.93. The van der Waals surface area contributed by atoms with Crippen LogP contribution in [0.2, 0.25) is 0 Å². The number of rotatable bonds is 3. The Morgan fingerprint density at radius 2 is 1.85 bits per heavy atom. The summed E-state index contributed by atoms with van der Waals surface area (Å²) in [5.41, 5.74) is 1.02. The Labute approximate surface area is 120 Å². The third-order valence-corrected chi connectivity index (χ3v) is 4.55. The second-order valence-corrected chi connectivity index (χ2v) is 5.82.